The second-order valence-corrected chi connectivity index (χ2v) is 5.26. The fraction of sp³-hybridized carbons (Fsp3) is 0. The topological polar surface area (TPSA) is 0 Å². The first-order valence-electron chi connectivity index (χ1n) is 4.48. The average molecular weight is 395 g/mol. The molecule has 16 heavy (non-hydrogen) atoms. The fourth-order valence-corrected chi connectivity index (χ4v) is 1.94. The molecule has 0 radical (unpaired) electrons. The van der Waals surface area contributed by atoms with Gasteiger partial charge in [0, 0.05) is 4.47 Å². The summed E-state index contributed by atoms with van der Waals surface area (Å²) in [5.74, 6) is -1.06. The molecule has 0 amide bonds. The van der Waals surface area contributed by atoms with Gasteiger partial charge in [-0.1, -0.05) is 28.1 Å². The van der Waals surface area contributed by atoms with Crippen LogP contribution >= 0.6 is 38.5 Å². The first-order valence-corrected chi connectivity index (χ1v) is 6.35. The van der Waals surface area contributed by atoms with Crippen molar-refractivity contribution in [2.75, 3.05) is 0 Å². The second kappa shape index (κ2) is 4.79. The molecule has 0 N–H and O–H groups in total. The van der Waals surface area contributed by atoms with Gasteiger partial charge in [0.2, 0.25) is 0 Å². The van der Waals surface area contributed by atoms with Crippen molar-refractivity contribution in [3.05, 3.63) is 56.1 Å². The van der Waals surface area contributed by atoms with Crippen molar-refractivity contribution in [2.45, 2.75) is 0 Å². The summed E-state index contributed by atoms with van der Waals surface area (Å²) in [4.78, 5) is 0. The van der Waals surface area contributed by atoms with Gasteiger partial charge < -0.3 is 0 Å². The zero-order chi connectivity index (χ0) is 11.7. The minimum atomic E-state index is -0.529. The van der Waals surface area contributed by atoms with Gasteiger partial charge in [0.25, 0.3) is 0 Å². The Morgan fingerprint density at radius 1 is 0.875 bits per heavy atom. The van der Waals surface area contributed by atoms with Crippen LogP contribution in [0.5, 0.6) is 0 Å². The van der Waals surface area contributed by atoms with Crippen molar-refractivity contribution in [3.8, 4) is 11.1 Å². The predicted octanol–water partition coefficient (Wildman–Crippen LogP) is 5.00. The lowest BCUT2D eigenvalue weighted by atomic mass is 10.1. The molecule has 0 spiro atoms. The molecule has 0 aliphatic carbocycles. The van der Waals surface area contributed by atoms with E-state index >= 15 is 0 Å². The third-order valence-electron chi connectivity index (χ3n) is 2.16. The van der Waals surface area contributed by atoms with E-state index in [4.69, 9.17) is 0 Å². The normalized spacial score (nSPS) is 10.5. The van der Waals surface area contributed by atoms with Crippen LogP contribution in [0, 0.1) is 15.2 Å². The highest BCUT2D eigenvalue weighted by molar-refractivity contribution is 14.1. The number of halogens is 4. The molecular weight excluding hydrogens is 389 g/mol. The summed E-state index contributed by atoms with van der Waals surface area (Å²) in [6, 6.07) is 9.98. The lowest BCUT2D eigenvalue weighted by Crippen LogP contribution is -1.90. The van der Waals surface area contributed by atoms with Crippen molar-refractivity contribution < 1.29 is 8.78 Å². The summed E-state index contributed by atoms with van der Waals surface area (Å²) >= 11 is 4.96. The highest BCUT2D eigenvalue weighted by Crippen LogP contribution is 2.26. The van der Waals surface area contributed by atoms with E-state index < -0.39 is 11.6 Å². The number of benzene rings is 2. The van der Waals surface area contributed by atoms with E-state index in [1.54, 1.807) is 22.6 Å². The van der Waals surface area contributed by atoms with Crippen LogP contribution in [0.15, 0.2) is 40.9 Å². The van der Waals surface area contributed by atoms with Gasteiger partial charge >= 0.3 is 0 Å². The molecule has 2 aromatic carbocycles. The van der Waals surface area contributed by atoms with E-state index in [0.717, 1.165) is 10.0 Å². The molecule has 0 bridgehead atoms. The molecule has 4 heteroatoms. The molecule has 2 rings (SSSR count). The Balaban J connectivity index is 2.52. The van der Waals surface area contributed by atoms with E-state index in [0.29, 0.717) is 5.56 Å². The summed E-state index contributed by atoms with van der Waals surface area (Å²) in [5.41, 5.74) is 1.33. The van der Waals surface area contributed by atoms with Crippen LogP contribution in [0.3, 0.4) is 0 Å². The Hall–Kier alpha value is -0.490. The van der Waals surface area contributed by atoms with Crippen LogP contribution in [-0.4, -0.2) is 0 Å². The van der Waals surface area contributed by atoms with E-state index in [1.807, 2.05) is 24.3 Å². The minimum Gasteiger partial charge on any atom is -0.206 e. The smallest absolute Gasteiger partial charge is 0.140 e. The second-order valence-electron chi connectivity index (χ2n) is 3.26. The standard InChI is InChI=1S/C12H6BrF2I/c13-9-3-1-7(2-4-9)8-5-10(14)12(16)11(15)6-8/h1-6H. The maximum Gasteiger partial charge on any atom is 0.140 e. The zero-order valence-electron chi connectivity index (χ0n) is 7.98. The molecule has 0 atom stereocenters. The molecule has 82 valence electrons. The number of rotatable bonds is 1. The molecule has 0 fully saturated rings. The van der Waals surface area contributed by atoms with Crippen molar-refractivity contribution in [1.82, 2.24) is 0 Å². The predicted molar refractivity (Wildman–Crippen MR) is 72.2 cm³/mol. The Bertz CT molecular complexity index is 500. The molecule has 2 aromatic rings. The number of hydrogen-bond donors (Lipinski definition) is 0. The minimum absolute atomic E-state index is 0.0264. The maximum absolute atomic E-state index is 13.3. The molecule has 0 aromatic heterocycles. The SMILES string of the molecule is Fc1cc(-c2ccc(Br)cc2)cc(F)c1I. The van der Waals surface area contributed by atoms with Gasteiger partial charge in [-0.05, 0) is 58.0 Å². The average Bonchev–Trinajstić information content (AvgIpc) is 2.26. The van der Waals surface area contributed by atoms with Crippen LogP contribution in [0.2, 0.25) is 0 Å². The van der Waals surface area contributed by atoms with E-state index in [9.17, 15) is 8.78 Å². The lowest BCUT2D eigenvalue weighted by molar-refractivity contribution is 0.571. The summed E-state index contributed by atoms with van der Waals surface area (Å²) in [6.45, 7) is 0. The van der Waals surface area contributed by atoms with Crippen LogP contribution < -0.4 is 0 Å². The van der Waals surface area contributed by atoms with E-state index in [1.165, 1.54) is 12.1 Å². The molecule has 0 nitrogen and oxygen atoms in total. The van der Waals surface area contributed by atoms with Crippen LogP contribution in [0.25, 0.3) is 11.1 Å². The van der Waals surface area contributed by atoms with Gasteiger partial charge in [0.15, 0.2) is 0 Å². The zero-order valence-corrected chi connectivity index (χ0v) is 11.7. The summed E-state index contributed by atoms with van der Waals surface area (Å²) in [6.07, 6.45) is 0. The van der Waals surface area contributed by atoms with Gasteiger partial charge in [-0.25, -0.2) is 8.78 Å². The van der Waals surface area contributed by atoms with Crippen molar-refractivity contribution in [3.63, 3.8) is 0 Å². The van der Waals surface area contributed by atoms with Gasteiger partial charge in [-0.3, -0.25) is 0 Å². The summed E-state index contributed by atoms with van der Waals surface area (Å²) in [7, 11) is 0. The van der Waals surface area contributed by atoms with Crippen LogP contribution in [0.1, 0.15) is 0 Å². The van der Waals surface area contributed by atoms with E-state index in [-0.39, 0.29) is 3.57 Å². The van der Waals surface area contributed by atoms with Gasteiger partial charge in [-0.15, -0.1) is 0 Å². The molecule has 0 aliphatic heterocycles. The molecular formula is C12H6BrF2I. The monoisotopic (exact) mass is 394 g/mol. The van der Waals surface area contributed by atoms with Gasteiger partial charge in [0.1, 0.15) is 11.6 Å². The van der Waals surface area contributed by atoms with E-state index in [2.05, 4.69) is 15.9 Å². The van der Waals surface area contributed by atoms with Crippen molar-refractivity contribution in [2.24, 2.45) is 0 Å². The Morgan fingerprint density at radius 2 is 1.38 bits per heavy atom. The van der Waals surface area contributed by atoms with Crippen molar-refractivity contribution in [1.29, 1.82) is 0 Å². The fourth-order valence-electron chi connectivity index (χ4n) is 1.36. The Morgan fingerprint density at radius 3 is 1.88 bits per heavy atom. The van der Waals surface area contributed by atoms with Crippen LogP contribution in [0.4, 0.5) is 8.78 Å². The molecule has 0 unspecified atom stereocenters. The van der Waals surface area contributed by atoms with Gasteiger partial charge in [0.05, 0.1) is 3.57 Å². The third kappa shape index (κ3) is 2.43. The summed E-state index contributed by atoms with van der Waals surface area (Å²) < 4.78 is 27.7. The molecule has 0 saturated carbocycles. The highest BCUT2D eigenvalue weighted by Gasteiger charge is 2.09. The third-order valence-corrected chi connectivity index (χ3v) is 3.72. The van der Waals surface area contributed by atoms with Gasteiger partial charge in [-0.2, -0.15) is 0 Å². The lowest BCUT2D eigenvalue weighted by Gasteiger charge is -2.04. The maximum atomic E-state index is 13.3. The molecule has 0 aliphatic rings. The number of hydrogen-bond acceptors (Lipinski definition) is 0. The quantitative estimate of drug-likeness (QED) is 0.471. The Kier molecular flexibility index (Phi) is 3.59. The molecule has 0 saturated heterocycles. The first kappa shape index (κ1) is 12.0. The van der Waals surface area contributed by atoms with Crippen LogP contribution in [-0.2, 0) is 0 Å². The first-order chi connectivity index (χ1) is 7.58. The molecule has 0 heterocycles. The highest BCUT2D eigenvalue weighted by atomic mass is 127. The largest absolute Gasteiger partial charge is 0.206 e. The Labute approximate surface area is 114 Å². The summed E-state index contributed by atoms with van der Waals surface area (Å²) in [5, 5.41) is 0. The van der Waals surface area contributed by atoms with Crippen molar-refractivity contribution >= 4 is 38.5 Å².